The molecule has 3 aromatic rings. The van der Waals surface area contributed by atoms with Gasteiger partial charge in [0.15, 0.2) is 4.80 Å². The lowest BCUT2D eigenvalue weighted by Gasteiger charge is -2.25. The maximum absolute atomic E-state index is 13.1. The molecule has 1 aromatic heterocycles. The van der Waals surface area contributed by atoms with E-state index >= 15 is 0 Å². The smallest absolute Gasteiger partial charge is 0.271 e. The van der Waals surface area contributed by atoms with E-state index in [9.17, 15) is 9.18 Å². The number of hydrogen-bond acceptors (Lipinski definition) is 4. The predicted octanol–water partition coefficient (Wildman–Crippen LogP) is 1.93. The second-order valence-corrected chi connectivity index (χ2v) is 6.50. The molecule has 2 heterocycles. The lowest BCUT2D eigenvalue weighted by molar-refractivity contribution is 0.568. The van der Waals surface area contributed by atoms with Gasteiger partial charge in [0, 0.05) is 5.69 Å². The van der Waals surface area contributed by atoms with Crippen LogP contribution in [0.2, 0.25) is 0 Å². The van der Waals surface area contributed by atoms with Crippen LogP contribution in [0.4, 0.5) is 10.1 Å². The van der Waals surface area contributed by atoms with Crippen molar-refractivity contribution in [3.8, 4) is 0 Å². The van der Waals surface area contributed by atoms with Crippen molar-refractivity contribution in [2.24, 2.45) is 4.99 Å². The minimum Gasteiger partial charge on any atom is -0.334 e. The first kappa shape index (κ1) is 14.8. The zero-order chi connectivity index (χ0) is 16.5. The highest BCUT2D eigenvalue weighted by Crippen LogP contribution is 2.16. The molecule has 0 saturated heterocycles. The number of hydrogen-bond donors (Lipinski definition) is 0. The summed E-state index contributed by atoms with van der Waals surface area (Å²) in [5.41, 5.74) is 1.79. The molecular weight excluding hydrogens is 325 g/mol. The number of anilines is 1. The maximum atomic E-state index is 13.1. The van der Waals surface area contributed by atoms with Crippen LogP contribution in [0, 0.1) is 5.82 Å². The van der Waals surface area contributed by atoms with Crippen LogP contribution in [-0.2, 0) is 6.67 Å². The van der Waals surface area contributed by atoms with E-state index in [0.717, 1.165) is 16.1 Å². The van der Waals surface area contributed by atoms with E-state index in [0.29, 0.717) is 17.9 Å². The molecular formula is C18H14FN3OS. The summed E-state index contributed by atoms with van der Waals surface area (Å²) in [5.74, 6) is -0.277. The van der Waals surface area contributed by atoms with Crippen molar-refractivity contribution in [3.05, 3.63) is 85.7 Å². The second-order valence-electron chi connectivity index (χ2n) is 5.49. The van der Waals surface area contributed by atoms with Gasteiger partial charge in [-0.15, -0.1) is 0 Å². The number of benzene rings is 2. The number of thiazole rings is 1. The molecule has 0 saturated carbocycles. The molecule has 0 N–H and O–H groups in total. The van der Waals surface area contributed by atoms with Gasteiger partial charge >= 0.3 is 0 Å². The zero-order valence-corrected chi connectivity index (χ0v) is 13.5. The lowest BCUT2D eigenvalue weighted by atomic mass is 10.2. The van der Waals surface area contributed by atoms with Crippen LogP contribution in [0.5, 0.6) is 0 Å². The normalized spacial score (nSPS) is 14.4. The van der Waals surface area contributed by atoms with Gasteiger partial charge in [0.1, 0.15) is 19.2 Å². The van der Waals surface area contributed by atoms with Crippen molar-refractivity contribution in [2.45, 2.75) is 6.67 Å². The van der Waals surface area contributed by atoms with E-state index in [1.165, 1.54) is 23.5 Å². The van der Waals surface area contributed by atoms with Crippen LogP contribution < -0.4 is 19.8 Å². The van der Waals surface area contributed by atoms with Gasteiger partial charge in [0.05, 0.1) is 4.53 Å². The Bertz CT molecular complexity index is 1040. The standard InChI is InChI=1S/C18H14FN3OS/c19-14-6-8-15(9-7-14)21-11-20-18-22(12-21)17(23)16(24-18)10-13-4-2-1-3-5-13/h1-10H,11-12H2/b16-10+. The SMILES string of the molecule is O=c1/c(=C\c2ccccc2)sc2n1CN(c1ccc(F)cc1)CN=2. The molecule has 0 unspecified atom stereocenters. The molecule has 4 rings (SSSR count). The Labute approximate surface area is 141 Å². The summed E-state index contributed by atoms with van der Waals surface area (Å²) in [6.07, 6.45) is 1.88. The third-order valence-electron chi connectivity index (χ3n) is 3.87. The molecule has 120 valence electrons. The molecule has 0 atom stereocenters. The number of aromatic nitrogens is 1. The first-order valence-corrected chi connectivity index (χ1v) is 8.34. The molecule has 1 aliphatic rings. The molecule has 6 heteroatoms. The van der Waals surface area contributed by atoms with Gasteiger partial charge in [-0.25, -0.2) is 9.38 Å². The van der Waals surface area contributed by atoms with E-state index in [2.05, 4.69) is 4.99 Å². The first-order chi connectivity index (χ1) is 11.7. The summed E-state index contributed by atoms with van der Waals surface area (Å²) in [5, 5.41) is 0. The van der Waals surface area contributed by atoms with Crippen molar-refractivity contribution >= 4 is 23.1 Å². The zero-order valence-electron chi connectivity index (χ0n) is 12.7. The molecule has 2 aromatic carbocycles. The molecule has 24 heavy (non-hydrogen) atoms. The van der Waals surface area contributed by atoms with Gasteiger partial charge < -0.3 is 4.90 Å². The molecule has 0 amide bonds. The Morgan fingerprint density at radius 2 is 1.83 bits per heavy atom. The average molecular weight is 339 g/mol. The van der Waals surface area contributed by atoms with Crippen LogP contribution in [0.15, 0.2) is 64.4 Å². The Morgan fingerprint density at radius 1 is 1.08 bits per heavy atom. The van der Waals surface area contributed by atoms with Gasteiger partial charge in [-0.2, -0.15) is 0 Å². The average Bonchev–Trinajstić information content (AvgIpc) is 2.92. The first-order valence-electron chi connectivity index (χ1n) is 7.52. The van der Waals surface area contributed by atoms with Gasteiger partial charge in [0.25, 0.3) is 5.56 Å². The fourth-order valence-electron chi connectivity index (χ4n) is 2.63. The molecule has 1 aliphatic heterocycles. The van der Waals surface area contributed by atoms with Gasteiger partial charge in [-0.1, -0.05) is 41.7 Å². The summed E-state index contributed by atoms with van der Waals surface area (Å²) in [4.78, 5) is 19.8. The van der Waals surface area contributed by atoms with E-state index in [-0.39, 0.29) is 11.4 Å². The van der Waals surface area contributed by atoms with E-state index in [4.69, 9.17) is 0 Å². The van der Waals surface area contributed by atoms with Crippen LogP contribution in [-0.4, -0.2) is 11.2 Å². The molecule has 0 aliphatic carbocycles. The Balaban J connectivity index is 1.71. The van der Waals surface area contributed by atoms with Crippen LogP contribution in [0.1, 0.15) is 5.56 Å². The Kier molecular flexibility index (Phi) is 3.74. The number of nitrogens with zero attached hydrogens (tertiary/aromatic N) is 3. The number of fused-ring (bicyclic) bond motifs is 1. The monoisotopic (exact) mass is 339 g/mol. The predicted molar refractivity (Wildman–Crippen MR) is 93.1 cm³/mol. The fraction of sp³-hybridized carbons (Fsp3) is 0.111. The highest BCUT2D eigenvalue weighted by molar-refractivity contribution is 7.07. The van der Waals surface area contributed by atoms with Crippen molar-refractivity contribution in [3.63, 3.8) is 0 Å². The van der Waals surface area contributed by atoms with E-state index < -0.39 is 0 Å². The van der Waals surface area contributed by atoms with Crippen molar-refractivity contribution in [1.82, 2.24) is 4.57 Å². The van der Waals surface area contributed by atoms with Crippen LogP contribution >= 0.6 is 11.3 Å². The van der Waals surface area contributed by atoms with Crippen LogP contribution in [0.3, 0.4) is 0 Å². The lowest BCUT2D eigenvalue weighted by Crippen LogP contribution is -2.42. The number of halogens is 1. The Morgan fingerprint density at radius 3 is 2.58 bits per heavy atom. The molecule has 0 fully saturated rings. The molecule has 0 bridgehead atoms. The summed E-state index contributed by atoms with van der Waals surface area (Å²) < 4.78 is 15.4. The highest BCUT2D eigenvalue weighted by atomic mass is 32.1. The van der Waals surface area contributed by atoms with E-state index in [1.807, 2.05) is 41.3 Å². The van der Waals surface area contributed by atoms with Gasteiger partial charge in [0.2, 0.25) is 0 Å². The minimum absolute atomic E-state index is 0.0468. The molecule has 0 spiro atoms. The largest absolute Gasteiger partial charge is 0.334 e. The van der Waals surface area contributed by atoms with E-state index in [1.54, 1.807) is 16.7 Å². The third kappa shape index (κ3) is 2.76. The van der Waals surface area contributed by atoms with Crippen LogP contribution in [0.25, 0.3) is 6.08 Å². The number of rotatable bonds is 2. The highest BCUT2D eigenvalue weighted by Gasteiger charge is 2.15. The minimum atomic E-state index is -0.277. The maximum Gasteiger partial charge on any atom is 0.271 e. The molecule has 4 nitrogen and oxygen atoms in total. The third-order valence-corrected chi connectivity index (χ3v) is 4.91. The van der Waals surface area contributed by atoms with Gasteiger partial charge in [-0.05, 0) is 35.9 Å². The summed E-state index contributed by atoms with van der Waals surface area (Å²) in [6.45, 7) is 0.874. The Hall–Kier alpha value is -2.73. The quantitative estimate of drug-likeness (QED) is 0.715. The summed E-state index contributed by atoms with van der Waals surface area (Å²) in [7, 11) is 0. The van der Waals surface area contributed by atoms with Gasteiger partial charge in [-0.3, -0.25) is 9.36 Å². The molecule has 0 radical (unpaired) electrons. The van der Waals surface area contributed by atoms with Crippen molar-refractivity contribution < 1.29 is 4.39 Å². The summed E-state index contributed by atoms with van der Waals surface area (Å²) >= 11 is 1.40. The second kappa shape index (κ2) is 6.05. The summed E-state index contributed by atoms with van der Waals surface area (Å²) in [6, 6.07) is 16.0. The topological polar surface area (TPSA) is 37.6 Å². The fourth-order valence-corrected chi connectivity index (χ4v) is 3.59. The van der Waals surface area contributed by atoms with Crippen molar-refractivity contribution in [2.75, 3.05) is 11.6 Å². The van der Waals surface area contributed by atoms with Crippen molar-refractivity contribution in [1.29, 1.82) is 0 Å².